The van der Waals surface area contributed by atoms with Gasteiger partial charge in [0.15, 0.2) is 11.5 Å². The van der Waals surface area contributed by atoms with Crippen LogP contribution in [0.2, 0.25) is 0 Å². The second-order valence-electron chi connectivity index (χ2n) is 17.7. The summed E-state index contributed by atoms with van der Waals surface area (Å²) in [6.07, 6.45) is 4.32. The zero-order chi connectivity index (χ0) is 39.3. The van der Waals surface area contributed by atoms with Gasteiger partial charge in [-0.3, -0.25) is 19.2 Å². The number of carbonyl (C=O) groups is 4. The van der Waals surface area contributed by atoms with E-state index in [1.807, 2.05) is 52.0 Å². The van der Waals surface area contributed by atoms with E-state index in [1.165, 1.54) is 5.57 Å². The average molecular weight is 783 g/mol. The number of esters is 3. The molecule has 0 aliphatic heterocycles. The number of fused-ring (bicyclic) bond motifs is 1. The highest BCUT2D eigenvalue weighted by molar-refractivity contribution is 9.10. The lowest BCUT2D eigenvalue weighted by molar-refractivity contribution is -0.161. The minimum absolute atomic E-state index is 0.00192. The Kier molecular flexibility index (Phi) is 14.1. The van der Waals surface area contributed by atoms with Gasteiger partial charge in [-0.05, 0) is 143 Å². The first-order valence-electron chi connectivity index (χ1n) is 18.4. The lowest BCUT2D eigenvalue weighted by atomic mass is 9.68. The van der Waals surface area contributed by atoms with E-state index in [2.05, 4.69) is 48.1 Å². The SMILES string of the molecule is CC(C)=CCC[C@H](C)[C@H]1c2cc(C(=O)NCCc3ccc(Br)cc3)c(OC(=O)C(C)(C)C)c(OC(=O)C(C)(C)C)c2[C@H](C)C[C@H]1OC(=O)C(C)(C)C. The molecule has 0 unspecified atom stereocenters. The fourth-order valence-corrected chi connectivity index (χ4v) is 6.39. The quantitative estimate of drug-likeness (QED) is 0.137. The maximum Gasteiger partial charge on any atom is 0.316 e. The fourth-order valence-electron chi connectivity index (χ4n) is 6.12. The molecule has 8 nitrogen and oxygen atoms in total. The number of allylic oxidation sites excluding steroid dienone is 2. The minimum atomic E-state index is -0.920. The molecule has 0 bridgehead atoms. The first-order chi connectivity index (χ1) is 23.9. The lowest BCUT2D eigenvalue weighted by Crippen LogP contribution is -2.39. The Hall–Kier alpha value is -3.46. The number of carbonyl (C=O) groups excluding carboxylic acids is 4. The summed E-state index contributed by atoms with van der Waals surface area (Å²) in [4.78, 5) is 55.0. The van der Waals surface area contributed by atoms with Crippen LogP contribution in [0, 0.1) is 22.2 Å². The average Bonchev–Trinajstić information content (AvgIpc) is 3.00. The smallest absolute Gasteiger partial charge is 0.316 e. The Bertz CT molecular complexity index is 1650. The summed E-state index contributed by atoms with van der Waals surface area (Å²) in [5.74, 6) is -2.50. The third kappa shape index (κ3) is 11.3. The number of rotatable bonds is 11. The number of ether oxygens (including phenoxy) is 3. The van der Waals surface area contributed by atoms with Crippen LogP contribution in [0.4, 0.5) is 0 Å². The summed E-state index contributed by atoms with van der Waals surface area (Å²) in [6.45, 7) is 24.5. The number of benzene rings is 2. The summed E-state index contributed by atoms with van der Waals surface area (Å²) in [7, 11) is 0. The van der Waals surface area contributed by atoms with Crippen molar-refractivity contribution >= 4 is 39.7 Å². The third-order valence-corrected chi connectivity index (χ3v) is 9.80. The molecule has 9 heteroatoms. The van der Waals surface area contributed by atoms with Crippen LogP contribution in [0.5, 0.6) is 11.5 Å². The van der Waals surface area contributed by atoms with Gasteiger partial charge in [0.25, 0.3) is 5.91 Å². The molecule has 0 saturated heterocycles. The number of nitrogens with one attached hydrogen (secondary N) is 1. The van der Waals surface area contributed by atoms with Crippen molar-refractivity contribution in [3.63, 3.8) is 0 Å². The van der Waals surface area contributed by atoms with Gasteiger partial charge in [0.2, 0.25) is 0 Å². The van der Waals surface area contributed by atoms with Gasteiger partial charge in [0.1, 0.15) is 6.10 Å². The molecule has 0 aromatic heterocycles. The van der Waals surface area contributed by atoms with Crippen LogP contribution in [-0.4, -0.2) is 36.5 Å². The molecule has 2 aromatic carbocycles. The molecule has 286 valence electrons. The van der Waals surface area contributed by atoms with Crippen molar-refractivity contribution in [2.24, 2.45) is 22.2 Å². The van der Waals surface area contributed by atoms with E-state index in [9.17, 15) is 19.2 Å². The molecular formula is C43H60BrNO7. The zero-order valence-electron chi connectivity index (χ0n) is 33.5. The molecular weight excluding hydrogens is 722 g/mol. The first kappa shape index (κ1) is 42.9. The number of hydrogen-bond acceptors (Lipinski definition) is 7. The van der Waals surface area contributed by atoms with Crippen LogP contribution in [0.25, 0.3) is 0 Å². The van der Waals surface area contributed by atoms with E-state index in [4.69, 9.17) is 14.2 Å². The largest absolute Gasteiger partial charge is 0.461 e. The molecule has 1 aliphatic carbocycles. The highest BCUT2D eigenvalue weighted by atomic mass is 79.9. The lowest BCUT2D eigenvalue weighted by Gasteiger charge is -2.41. The maximum atomic E-state index is 14.3. The molecule has 52 heavy (non-hydrogen) atoms. The van der Waals surface area contributed by atoms with Crippen molar-refractivity contribution < 1.29 is 33.4 Å². The Morgan fingerprint density at radius 2 is 1.40 bits per heavy atom. The van der Waals surface area contributed by atoms with E-state index in [0.29, 0.717) is 24.9 Å². The summed E-state index contributed by atoms with van der Waals surface area (Å²) >= 11 is 3.46. The minimum Gasteiger partial charge on any atom is -0.461 e. The van der Waals surface area contributed by atoms with Gasteiger partial charge in [0.05, 0.1) is 21.8 Å². The summed E-state index contributed by atoms with van der Waals surface area (Å²) < 4.78 is 19.7. The summed E-state index contributed by atoms with van der Waals surface area (Å²) in [5.41, 5.74) is 1.22. The highest BCUT2D eigenvalue weighted by Crippen LogP contribution is 2.53. The summed E-state index contributed by atoms with van der Waals surface area (Å²) in [5, 5.41) is 3.02. The van der Waals surface area contributed by atoms with Crippen molar-refractivity contribution in [3.8, 4) is 11.5 Å². The van der Waals surface area contributed by atoms with Gasteiger partial charge in [0, 0.05) is 22.5 Å². The molecule has 1 amide bonds. The highest BCUT2D eigenvalue weighted by Gasteiger charge is 2.44. The van der Waals surface area contributed by atoms with Gasteiger partial charge in [-0.15, -0.1) is 0 Å². The molecule has 0 spiro atoms. The Morgan fingerprint density at radius 3 is 1.92 bits per heavy atom. The van der Waals surface area contributed by atoms with Gasteiger partial charge < -0.3 is 19.5 Å². The first-order valence-corrected chi connectivity index (χ1v) is 19.2. The van der Waals surface area contributed by atoms with Crippen LogP contribution in [0.3, 0.4) is 0 Å². The normalized spacial score (nSPS) is 18.1. The molecule has 3 rings (SSSR count). The molecule has 0 heterocycles. The second-order valence-corrected chi connectivity index (χ2v) is 18.6. The molecule has 0 saturated carbocycles. The topological polar surface area (TPSA) is 108 Å². The van der Waals surface area contributed by atoms with Gasteiger partial charge in [-0.25, -0.2) is 0 Å². The van der Waals surface area contributed by atoms with Crippen molar-refractivity contribution in [3.05, 3.63) is 68.7 Å². The molecule has 1 aliphatic rings. The predicted octanol–water partition coefficient (Wildman–Crippen LogP) is 10.3. The Labute approximate surface area is 320 Å². The third-order valence-electron chi connectivity index (χ3n) is 9.27. The fraction of sp³-hybridized carbons (Fsp3) is 0.581. The molecule has 0 fully saturated rings. The second kappa shape index (κ2) is 17.1. The molecule has 1 N–H and O–H groups in total. The van der Waals surface area contributed by atoms with Crippen LogP contribution < -0.4 is 14.8 Å². The van der Waals surface area contributed by atoms with Crippen molar-refractivity contribution in [2.75, 3.05) is 6.54 Å². The van der Waals surface area contributed by atoms with Crippen molar-refractivity contribution in [2.45, 2.75) is 134 Å². The van der Waals surface area contributed by atoms with Crippen LogP contribution in [-0.2, 0) is 25.5 Å². The monoisotopic (exact) mass is 781 g/mol. The Morgan fingerprint density at radius 1 is 0.865 bits per heavy atom. The van der Waals surface area contributed by atoms with E-state index in [1.54, 1.807) is 47.6 Å². The van der Waals surface area contributed by atoms with Crippen LogP contribution in [0.1, 0.15) is 148 Å². The van der Waals surface area contributed by atoms with Crippen LogP contribution >= 0.6 is 15.9 Å². The van der Waals surface area contributed by atoms with E-state index < -0.39 is 40.2 Å². The van der Waals surface area contributed by atoms with E-state index in [0.717, 1.165) is 28.4 Å². The van der Waals surface area contributed by atoms with Gasteiger partial charge in [-0.2, -0.15) is 0 Å². The van der Waals surface area contributed by atoms with Crippen LogP contribution in [0.15, 0.2) is 46.5 Å². The molecule has 4 atom stereocenters. The predicted molar refractivity (Wildman–Crippen MR) is 210 cm³/mol. The maximum absolute atomic E-state index is 14.3. The van der Waals surface area contributed by atoms with E-state index in [-0.39, 0.29) is 40.8 Å². The summed E-state index contributed by atoms with van der Waals surface area (Å²) in [6, 6.07) is 9.64. The molecule has 0 radical (unpaired) electrons. The van der Waals surface area contributed by atoms with Gasteiger partial charge in [-0.1, -0.05) is 53.6 Å². The number of hydrogen-bond donors (Lipinski definition) is 1. The standard InChI is InChI=1S/C43H60BrNO7/c1-25(2)15-14-16-26(3)33-30-24-31(37(46)45-22-21-28-17-19-29(44)20-18-28)35(51-39(48)42(8,9)10)36(52-40(49)43(11,12)13)34(30)27(4)23-32(33)50-38(47)41(5,6)7/h15,17-20,24,26-27,32-33H,14,16,21-23H2,1-13H3,(H,45,46)/t26-,27+,32+,33-/m0/s1. The number of amides is 1. The van der Waals surface area contributed by atoms with Crippen molar-refractivity contribution in [1.82, 2.24) is 5.32 Å². The zero-order valence-corrected chi connectivity index (χ0v) is 35.1. The number of halogens is 1. The van der Waals surface area contributed by atoms with Gasteiger partial charge >= 0.3 is 17.9 Å². The van der Waals surface area contributed by atoms with E-state index >= 15 is 0 Å². The molecule has 2 aromatic rings. The van der Waals surface area contributed by atoms with Crippen molar-refractivity contribution in [1.29, 1.82) is 0 Å². The Balaban J connectivity index is 2.33.